The van der Waals surface area contributed by atoms with Crippen molar-refractivity contribution in [2.24, 2.45) is 5.92 Å². The minimum Gasteiger partial charge on any atom is -0.339 e. The Balaban J connectivity index is 2.13. The highest BCUT2D eigenvalue weighted by atomic mass is 79.9. The molecule has 104 valence electrons. The first-order valence-corrected chi connectivity index (χ1v) is 7.89. The van der Waals surface area contributed by atoms with Crippen molar-refractivity contribution < 1.29 is 4.79 Å². The molecule has 19 heavy (non-hydrogen) atoms. The Labute approximate surface area is 127 Å². The Morgan fingerprint density at radius 1 is 1.53 bits per heavy atom. The van der Waals surface area contributed by atoms with Gasteiger partial charge in [-0.2, -0.15) is 0 Å². The average molecular weight is 346 g/mol. The van der Waals surface area contributed by atoms with Gasteiger partial charge in [0.1, 0.15) is 5.15 Å². The smallest absolute Gasteiger partial charge is 0.257 e. The fourth-order valence-corrected chi connectivity index (χ4v) is 3.04. The van der Waals surface area contributed by atoms with E-state index in [9.17, 15) is 4.79 Å². The normalized spacial score (nSPS) is 20.2. The highest BCUT2D eigenvalue weighted by molar-refractivity contribution is 9.10. The lowest BCUT2D eigenvalue weighted by Gasteiger charge is -2.21. The van der Waals surface area contributed by atoms with Crippen LogP contribution in [-0.4, -0.2) is 28.9 Å². The molecule has 0 radical (unpaired) electrons. The molecule has 1 aromatic heterocycles. The highest BCUT2D eigenvalue weighted by Crippen LogP contribution is 2.24. The number of carbonyl (C=O) groups is 1. The highest BCUT2D eigenvalue weighted by Gasteiger charge is 2.23. The van der Waals surface area contributed by atoms with Crippen LogP contribution in [0.2, 0.25) is 5.15 Å². The van der Waals surface area contributed by atoms with Crippen LogP contribution in [-0.2, 0) is 0 Å². The maximum atomic E-state index is 12.5. The summed E-state index contributed by atoms with van der Waals surface area (Å²) in [6, 6.07) is 1.75. The van der Waals surface area contributed by atoms with Crippen molar-refractivity contribution in [1.82, 2.24) is 9.88 Å². The summed E-state index contributed by atoms with van der Waals surface area (Å²) in [5, 5.41) is 0.282. The van der Waals surface area contributed by atoms with Crippen molar-refractivity contribution in [3.8, 4) is 0 Å². The number of pyridine rings is 1. The van der Waals surface area contributed by atoms with Crippen LogP contribution in [0.25, 0.3) is 0 Å². The van der Waals surface area contributed by atoms with Gasteiger partial charge in [-0.25, -0.2) is 4.98 Å². The summed E-state index contributed by atoms with van der Waals surface area (Å²) in [5.74, 6) is 0.740. The number of likely N-dealkylation sites (tertiary alicyclic amines) is 1. The van der Waals surface area contributed by atoms with Gasteiger partial charge in [0.2, 0.25) is 0 Å². The molecular weight excluding hydrogens is 328 g/mol. The molecule has 3 nitrogen and oxygen atoms in total. The molecule has 1 aliphatic rings. The van der Waals surface area contributed by atoms with Crippen molar-refractivity contribution in [1.29, 1.82) is 0 Å². The summed E-state index contributed by atoms with van der Waals surface area (Å²) in [6.45, 7) is 3.86. The molecule has 1 saturated heterocycles. The van der Waals surface area contributed by atoms with Crippen LogP contribution in [0.15, 0.2) is 16.7 Å². The van der Waals surface area contributed by atoms with Crippen molar-refractivity contribution in [3.05, 3.63) is 27.5 Å². The summed E-state index contributed by atoms with van der Waals surface area (Å²) in [4.78, 5) is 18.4. The zero-order valence-electron chi connectivity index (χ0n) is 11.0. The fourth-order valence-electron chi connectivity index (χ4n) is 2.52. The Morgan fingerprint density at radius 2 is 2.32 bits per heavy atom. The fraction of sp³-hybridized carbons (Fsp3) is 0.571. The van der Waals surface area contributed by atoms with Crippen LogP contribution in [0.5, 0.6) is 0 Å². The second-order valence-corrected chi connectivity index (χ2v) is 6.26. The summed E-state index contributed by atoms with van der Waals surface area (Å²) in [7, 11) is 0. The third-order valence-electron chi connectivity index (χ3n) is 3.75. The minimum atomic E-state index is -0.00412. The van der Waals surface area contributed by atoms with E-state index >= 15 is 0 Å². The Bertz CT molecular complexity index is 467. The third-order valence-corrected chi connectivity index (χ3v) is 4.48. The first-order chi connectivity index (χ1) is 9.11. The third kappa shape index (κ3) is 3.69. The van der Waals surface area contributed by atoms with Crippen LogP contribution in [0.3, 0.4) is 0 Å². The van der Waals surface area contributed by atoms with Crippen LogP contribution in [0.1, 0.15) is 43.0 Å². The van der Waals surface area contributed by atoms with Crippen LogP contribution >= 0.6 is 27.5 Å². The lowest BCUT2D eigenvalue weighted by molar-refractivity contribution is 0.0759. The van der Waals surface area contributed by atoms with E-state index in [2.05, 4.69) is 27.8 Å². The molecule has 2 rings (SSSR count). The zero-order chi connectivity index (χ0) is 13.8. The van der Waals surface area contributed by atoms with E-state index in [1.165, 1.54) is 12.8 Å². The van der Waals surface area contributed by atoms with Crippen LogP contribution in [0.4, 0.5) is 0 Å². The lowest BCUT2D eigenvalue weighted by Crippen LogP contribution is -2.32. The van der Waals surface area contributed by atoms with E-state index in [1.807, 2.05) is 4.90 Å². The predicted octanol–water partition coefficient (Wildman–Crippen LogP) is 4.15. The number of halogens is 2. The van der Waals surface area contributed by atoms with Crippen LogP contribution < -0.4 is 0 Å². The van der Waals surface area contributed by atoms with Gasteiger partial charge in [-0.1, -0.05) is 24.9 Å². The number of carbonyl (C=O) groups excluding carboxylic acids is 1. The first kappa shape index (κ1) is 14.8. The molecule has 0 bridgehead atoms. The molecule has 0 aromatic carbocycles. The standard InChI is InChI=1S/C14H18BrClN2O/c1-2-10-4-3-6-18(7-5-10)14(19)12-8-11(15)9-17-13(12)16/h8-10H,2-7H2,1H3. The second-order valence-electron chi connectivity index (χ2n) is 4.99. The molecule has 1 atom stereocenters. The molecule has 2 heterocycles. The average Bonchev–Trinajstić information content (AvgIpc) is 2.66. The van der Waals surface area contributed by atoms with E-state index in [-0.39, 0.29) is 11.1 Å². The van der Waals surface area contributed by atoms with Crippen molar-refractivity contribution in [2.45, 2.75) is 32.6 Å². The summed E-state index contributed by atoms with van der Waals surface area (Å²) in [5.41, 5.74) is 0.492. The van der Waals surface area contributed by atoms with Crippen molar-refractivity contribution in [2.75, 3.05) is 13.1 Å². The molecule has 1 unspecified atom stereocenters. The van der Waals surface area contributed by atoms with Crippen molar-refractivity contribution in [3.63, 3.8) is 0 Å². The number of hydrogen-bond donors (Lipinski definition) is 0. The van der Waals surface area contributed by atoms with E-state index < -0.39 is 0 Å². The molecule has 1 fully saturated rings. The molecule has 0 saturated carbocycles. The van der Waals surface area contributed by atoms with E-state index in [1.54, 1.807) is 12.3 Å². The summed E-state index contributed by atoms with van der Waals surface area (Å²) < 4.78 is 0.779. The van der Waals surface area contributed by atoms with Crippen molar-refractivity contribution >= 4 is 33.4 Å². The number of nitrogens with zero attached hydrogens (tertiary/aromatic N) is 2. The second kappa shape index (κ2) is 6.71. The molecule has 0 N–H and O–H groups in total. The lowest BCUT2D eigenvalue weighted by atomic mass is 9.98. The molecule has 0 spiro atoms. The van der Waals surface area contributed by atoms with E-state index in [0.717, 1.165) is 36.3 Å². The monoisotopic (exact) mass is 344 g/mol. The molecular formula is C14H18BrClN2O. The largest absolute Gasteiger partial charge is 0.339 e. The zero-order valence-corrected chi connectivity index (χ0v) is 13.4. The number of amides is 1. The Hall–Kier alpha value is -0.610. The minimum absolute atomic E-state index is 0.00412. The molecule has 1 aromatic rings. The number of hydrogen-bond acceptors (Lipinski definition) is 2. The van der Waals surface area contributed by atoms with Gasteiger partial charge >= 0.3 is 0 Å². The van der Waals surface area contributed by atoms with Gasteiger partial charge in [0.25, 0.3) is 5.91 Å². The van der Waals surface area contributed by atoms with Gasteiger partial charge in [0.05, 0.1) is 5.56 Å². The summed E-state index contributed by atoms with van der Waals surface area (Å²) in [6.07, 6.45) is 6.17. The van der Waals surface area contributed by atoms with E-state index in [4.69, 9.17) is 11.6 Å². The number of rotatable bonds is 2. The Kier molecular flexibility index (Phi) is 5.22. The van der Waals surface area contributed by atoms with Gasteiger partial charge in [-0.05, 0) is 47.2 Å². The van der Waals surface area contributed by atoms with Gasteiger partial charge in [-0.15, -0.1) is 0 Å². The SMILES string of the molecule is CCC1CCCN(C(=O)c2cc(Br)cnc2Cl)CC1. The maximum Gasteiger partial charge on any atom is 0.257 e. The van der Waals surface area contributed by atoms with E-state index in [0.29, 0.717) is 5.56 Å². The van der Waals surface area contributed by atoms with Gasteiger partial charge in [0.15, 0.2) is 0 Å². The Morgan fingerprint density at radius 3 is 3.05 bits per heavy atom. The number of aromatic nitrogens is 1. The predicted molar refractivity (Wildman–Crippen MR) is 80.5 cm³/mol. The van der Waals surface area contributed by atoms with Gasteiger partial charge in [0, 0.05) is 23.8 Å². The molecule has 1 aliphatic heterocycles. The quantitative estimate of drug-likeness (QED) is 0.754. The first-order valence-electron chi connectivity index (χ1n) is 6.72. The van der Waals surface area contributed by atoms with Gasteiger partial charge in [-0.3, -0.25) is 4.79 Å². The molecule has 5 heteroatoms. The molecule has 1 amide bonds. The van der Waals surface area contributed by atoms with Crippen LogP contribution in [0, 0.1) is 5.92 Å². The summed E-state index contributed by atoms with van der Waals surface area (Å²) >= 11 is 9.36. The van der Waals surface area contributed by atoms with Gasteiger partial charge < -0.3 is 4.90 Å². The molecule has 0 aliphatic carbocycles. The topological polar surface area (TPSA) is 33.2 Å². The maximum absolute atomic E-state index is 12.5.